The maximum atomic E-state index is 12.3. The number of carbonyl (C=O) groups is 2. The number of nitrogens with two attached hydrogens (primary N) is 1. The molecule has 0 spiro atoms. The van der Waals surface area contributed by atoms with Crippen molar-refractivity contribution in [2.45, 2.75) is 31.7 Å². The smallest absolute Gasteiger partial charge is 0.303 e. The Hall–Kier alpha value is -1.19. The molecule has 0 aromatic rings. The number of carbonyl (C=O) groups excluding carboxylic acids is 1. The highest BCUT2D eigenvalue weighted by atomic mass is 32.2. The quantitative estimate of drug-likeness (QED) is 0.512. The SMILES string of the molecule is NC(=O)CN(C1CCNCC1)S(=O)(=O)CCCC(=O)O. The standard InChI is InChI=1S/C11H21N3O5S/c12-10(15)8-14(9-3-5-13-6-4-9)20(18,19)7-1-2-11(16)17/h9,13H,1-8H2,(H2,12,15)(H,16,17). The highest BCUT2D eigenvalue weighted by molar-refractivity contribution is 7.89. The average Bonchev–Trinajstić information content (AvgIpc) is 2.36. The zero-order valence-electron chi connectivity index (χ0n) is 11.2. The summed E-state index contributed by atoms with van der Waals surface area (Å²) < 4.78 is 25.6. The second-order valence-corrected chi connectivity index (χ2v) is 6.85. The van der Waals surface area contributed by atoms with Crippen LogP contribution in [0.1, 0.15) is 25.7 Å². The van der Waals surface area contributed by atoms with Crippen LogP contribution in [-0.2, 0) is 19.6 Å². The molecule has 1 aliphatic rings. The summed E-state index contributed by atoms with van der Waals surface area (Å²) in [6.07, 6.45) is 1.05. The number of hydrogen-bond acceptors (Lipinski definition) is 5. The van der Waals surface area contributed by atoms with Crippen LogP contribution in [0.5, 0.6) is 0 Å². The maximum absolute atomic E-state index is 12.3. The van der Waals surface area contributed by atoms with Crippen molar-refractivity contribution in [3.63, 3.8) is 0 Å². The van der Waals surface area contributed by atoms with E-state index in [1.165, 1.54) is 0 Å². The van der Waals surface area contributed by atoms with Gasteiger partial charge in [-0.3, -0.25) is 9.59 Å². The van der Waals surface area contributed by atoms with E-state index in [0.29, 0.717) is 25.9 Å². The molecule has 0 atom stereocenters. The summed E-state index contributed by atoms with van der Waals surface area (Å²) in [6.45, 7) is 1.02. The molecular weight excluding hydrogens is 286 g/mol. The van der Waals surface area contributed by atoms with Gasteiger partial charge in [0.1, 0.15) is 0 Å². The van der Waals surface area contributed by atoms with E-state index in [4.69, 9.17) is 10.8 Å². The van der Waals surface area contributed by atoms with E-state index in [-0.39, 0.29) is 31.2 Å². The van der Waals surface area contributed by atoms with Gasteiger partial charge in [0, 0.05) is 12.5 Å². The van der Waals surface area contributed by atoms with Crippen LogP contribution in [-0.4, -0.2) is 61.1 Å². The van der Waals surface area contributed by atoms with Crippen LogP contribution in [0.25, 0.3) is 0 Å². The largest absolute Gasteiger partial charge is 0.481 e. The lowest BCUT2D eigenvalue weighted by atomic mass is 10.1. The third-order valence-electron chi connectivity index (χ3n) is 3.18. The third kappa shape index (κ3) is 5.43. The van der Waals surface area contributed by atoms with Gasteiger partial charge in [0.05, 0.1) is 12.3 Å². The van der Waals surface area contributed by atoms with Gasteiger partial charge in [-0.2, -0.15) is 4.31 Å². The lowest BCUT2D eigenvalue weighted by Gasteiger charge is -2.32. The van der Waals surface area contributed by atoms with Gasteiger partial charge >= 0.3 is 5.97 Å². The van der Waals surface area contributed by atoms with Crippen molar-refractivity contribution in [2.24, 2.45) is 5.73 Å². The van der Waals surface area contributed by atoms with Gasteiger partial charge < -0.3 is 16.2 Å². The lowest BCUT2D eigenvalue weighted by Crippen LogP contribution is -2.49. The maximum Gasteiger partial charge on any atom is 0.303 e. The van der Waals surface area contributed by atoms with Gasteiger partial charge in [-0.25, -0.2) is 8.42 Å². The van der Waals surface area contributed by atoms with E-state index < -0.39 is 21.9 Å². The van der Waals surface area contributed by atoms with Crippen molar-refractivity contribution >= 4 is 21.9 Å². The van der Waals surface area contributed by atoms with Gasteiger partial charge in [0.25, 0.3) is 0 Å². The van der Waals surface area contributed by atoms with Crippen molar-refractivity contribution in [2.75, 3.05) is 25.4 Å². The molecule has 1 amide bonds. The Labute approximate surface area is 118 Å². The van der Waals surface area contributed by atoms with Gasteiger partial charge in [0.2, 0.25) is 15.9 Å². The second-order valence-electron chi connectivity index (χ2n) is 4.81. The van der Waals surface area contributed by atoms with Crippen molar-refractivity contribution in [3.8, 4) is 0 Å². The highest BCUT2D eigenvalue weighted by Gasteiger charge is 2.31. The lowest BCUT2D eigenvalue weighted by molar-refractivity contribution is -0.137. The highest BCUT2D eigenvalue weighted by Crippen LogP contribution is 2.17. The predicted octanol–water partition coefficient (Wildman–Crippen LogP) is -1.28. The molecule has 0 radical (unpaired) electrons. The molecule has 0 aromatic carbocycles. The molecule has 0 saturated carbocycles. The summed E-state index contributed by atoms with van der Waals surface area (Å²) in [5.74, 6) is -2.02. The molecule has 116 valence electrons. The number of carboxylic acid groups (broad SMARTS) is 1. The molecule has 1 fully saturated rings. The topological polar surface area (TPSA) is 130 Å². The zero-order chi connectivity index (χ0) is 15.2. The Bertz CT molecular complexity index is 445. The van der Waals surface area contributed by atoms with Crippen molar-refractivity contribution in [1.29, 1.82) is 0 Å². The van der Waals surface area contributed by atoms with Gasteiger partial charge in [-0.15, -0.1) is 0 Å². The first-order valence-electron chi connectivity index (χ1n) is 6.53. The first-order chi connectivity index (χ1) is 9.33. The molecule has 1 saturated heterocycles. The van der Waals surface area contributed by atoms with E-state index in [1.54, 1.807) is 0 Å². The molecule has 0 bridgehead atoms. The molecule has 1 rings (SSSR count). The minimum atomic E-state index is -3.67. The average molecular weight is 307 g/mol. The molecule has 1 heterocycles. The molecule has 1 aliphatic heterocycles. The van der Waals surface area contributed by atoms with Crippen molar-refractivity contribution < 1.29 is 23.1 Å². The Morgan fingerprint density at radius 3 is 2.40 bits per heavy atom. The van der Waals surface area contributed by atoms with Gasteiger partial charge in [-0.1, -0.05) is 0 Å². The summed E-state index contributed by atoms with van der Waals surface area (Å²) in [4.78, 5) is 21.5. The van der Waals surface area contributed by atoms with Crippen LogP contribution in [0.4, 0.5) is 0 Å². The Kier molecular flexibility index (Phi) is 6.37. The van der Waals surface area contributed by atoms with Crippen LogP contribution in [0, 0.1) is 0 Å². The van der Waals surface area contributed by atoms with Crippen LogP contribution in [0.2, 0.25) is 0 Å². The van der Waals surface area contributed by atoms with E-state index in [2.05, 4.69) is 5.32 Å². The Balaban J connectivity index is 2.73. The molecule has 9 heteroatoms. The summed E-state index contributed by atoms with van der Waals surface area (Å²) in [5.41, 5.74) is 5.12. The molecule has 8 nitrogen and oxygen atoms in total. The summed E-state index contributed by atoms with van der Waals surface area (Å²) in [5, 5.41) is 11.7. The zero-order valence-corrected chi connectivity index (χ0v) is 12.1. The van der Waals surface area contributed by atoms with Crippen molar-refractivity contribution in [1.82, 2.24) is 9.62 Å². The summed E-state index contributed by atoms with van der Waals surface area (Å²) >= 11 is 0. The number of carboxylic acids is 1. The number of rotatable bonds is 8. The fraction of sp³-hybridized carbons (Fsp3) is 0.818. The monoisotopic (exact) mass is 307 g/mol. The van der Waals surface area contributed by atoms with Crippen LogP contribution < -0.4 is 11.1 Å². The fourth-order valence-electron chi connectivity index (χ4n) is 2.23. The number of primary amides is 1. The number of nitrogens with one attached hydrogen (secondary N) is 1. The number of hydrogen-bond donors (Lipinski definition) is 3. The fourth-order valence-corrected chi connectivity index (χ4v) is 3.96. The predicted molar refractivity (Wildman–Crippen MR) is 72.4 cm³/mol. The Morgan fingerprint density at radius 1 is 1.30 bits per heavy atom. The van der Waals surface area contributed by atoms with Crippen LogP contribution in [0.3, 0.4) is 0 Å². The first-order valence-corrected chi connectivity index (χ1v) is 8.14. The molecule has 4 N–H and O–H groups in total. The molecular formula is C11H21N3O5S. The normalized spacial score (nSPS) is 17.2. The van der Waals surface area contributed by atoms with E-state index in [0.717, 1.165) is 4.31 Å². The van der Waals surface area contributed by atoms with E-state index in [9.17, 15) is 18.0 Å². The molecule has 0 aromatic heterocycles. The number of piperidine rings is 1. The summed E-state index contributed by atoms with van der Waals surface area (Å²) in [7, 11) is -3.67. The number of sulfonamides is 1. The van der Waals surface area contributed by atoms with Crippen LogP contribution >= 0.6 is 0 Å². The van der Waals surface area contributed by atoms with Gasteiger partial charge in [0.15, 0.2) is 0 Å². The van der Waals surface area contributed by atoms with Crippen LogP contribution in [0.15, 0.2) is 0 Å². The number of nitrogens with zero attached hydrogens (tertiary/aromatic N) is 1. The first kappa shape index (κ1) is 16.9. The van der Waals surface area contributed by atoms with Crippen molar-refractivity contribution in [3.05, 3.63) is 0 Å². The van der Waals surface area contributed by atoms with E-state index >= 15 is 0 Å². The molecule has 0 aliphatic carbocycles. The Morgan fingerprint density at radius 2 is 1.90 bits per heavy atom. The van der Waals surface area contributed by atoms with E-state index in [1.807, 2.05) is 0 Å². The summed E-state index contributed by atoms with van der Waals surface area (Å²) in [6, 6.07) is -0.251. The second kappa shape index (κ2) is 7.55. The number of aliphatic carboxylic acids is 1. The van der Waals surface area contributed by atoms with Gasteiger partial charge in [-0.05, 0) is 32.4 Å². The molecule has 20 heavy (non-hydrogen) atoms. The number of amides is 1. The third-order valence-corrected chi connectivity index (χ3v) is 5.12. The minimum absolute atomic E-state index is 0.0257. The molecule has 0 unspecified atom stereocenters. The minimum Gasteiger partial charge on any atom is -0.481 e.